The molecule has 5 aromatic rings. The molecule has 10 nitrogen and oxygen atoms in total. The van der Waals surface area contributed by atoms with Gasteiger partial charge >= 0.3 is 5.97 Å². The van der Waals surface area contributed by atoms with Crippen molar-refractivity contribution in [1.82, 2.24) is 30.0 Å². The number of benzene rings is 3. The molecular weight excluding hydrogens is 580 g/mol. The minimum absolute atomic E-state index is 0.00701. The molecule has 0 saturated carbocycles. The first-order chi connectivity index (χ1) is 22.5. The Morgan fingerprint density at radius 3 is 2.50 bits per heavy atom. The maximum atomic E-state index is 14.1. The number of unbranched alkanes of at least 4 members (excludes halogenated alkanes) is 1. The van der Waals surface area contributed by atoms with E-state index in [1.54, 1.807) is 13.0 Å². The lowest BCUT2D eigenvalue weighted by molar-refractivity contribution is 0.0500. The van der Waals surface area contributed by atoms with Crippen molar-refractivity contribution in [1.29, 1.82) is 0 Å². The summed E-state index contributed by atoms with van der Waals surface area (Å²) in [4.78, 5) is 26.8. The zero-order valence-corrected chi connectivity index (χ0v) is 26.6. The van der Waals surface area contributed by atoms with Crippen molar-refractivity contribution in [3.8, 4) is 28.3 Å². The molecule has 3 heterocycles. The molecule has 10 heteroatoms. The second-order valence-corrected chi connectivity index (χ2v) is 11.9. The van der Waals surface area contributed by atoms with Crippen LogP contribution in [0.4, 0.5) is 0 Å². The van der Waals surface area contributed by atoms with Crippen molar-refractivity contribution in [2.75, 3.05) is 6.61 Å². The van der Waals surface area contributed by atoms with Gasteiger partial charge in [-0.25, -0.2) is 14.6 Å². The zero-order valence-electron chi connectivity index (χ0n) is 26.6. The summed E-state index contributed by atoms with van der Waals surface area (Å²) in [6.07, 6.45) is 6.72. The van der Waals surface area contributed by atoms with E-state index in [9.17, 15) is 9.59 Å². The van der Waals surface area contributed by atoms with Gasteiger partial charge in [0.15, 0.2) is 5.82 Å². The number of esters is 1. The monoisotopic (exact) mass is 620 g/mol. The maximum absolute atomic E-state index is 14.1. The Bertz CT molecular complexity index is 1830. The fourth-order valence-electron chi connectivity index (χ4n) is 6.40. The van der Waals surface area contributed by atoms with Crippen molar-refractivity contribution in [2.45, 2.75) is 77.5 Å². The SMILES string of the molecule is CCCCC(Oc1ccccc1C(=O)OCC)C1CCC(C)n2cc(Cc3ccc(-c4ccccc4-c4nnn[nH]4)cc3)c(=O)n21. The van der Waals surface area contributed by atoms with Gasteiger partial charge in [-0.3, -0.25) is 9.48 Å². The molecule has 3 unspecified atom stereocenters. The van der Waals surface area contributed by atoms with Gasteiger partial charge in [-0.15, -0.1) is 5.10 Å². The van der Waals surface area contributed by atoms with Crippen LogP contribution in [0.1, 0.15) is 86.4 Å². The number of aromatic nitrogens is 6. The van der Waals surface area contributed by atoms with Crippen molar-refractivity contribution in [2.24, 2.45) is 0 Å². The molecule has 0 radical (unpaired) electrons. The summed E-state index contributed by atoms with van der Waals surface area (Å²) in [5, 5.41) is 14.4. The molecule has 1 aliphatic heterocycles. The lowest BCUT2D eigenvalue weighted by Crippen LogP contribution is -2.42. The quantitative estimate of drug-likeness (QED) is 0.153. The van der Waals surface area contributed by atoms with Gasteiger partial charge in [0.1, 0.15) is 17.4 Å². The van der Waals surface area contributed by atoms with Gasteiger partial charge < -0.3 is 9.47 Å². The number of aromatic amines is 1. The Kier molecular flexibility index (Phi) is 9.42. The smallest absolute Gasteiger partial charge is 0.341 e. The van der Waals surface area contributed by atoms with Gasteiger partial charge in [-0.1, -0.05) is 74.0 Å². The molecule has 0 aliphatic carbocycles. The highest BCUT2D eigenvalue weighted by molar-refractivity contribution is 5.92. The number of carbonyl (C=O) groups is 1. The molecule has 3 aromatic carbocycles. The lowest BCUT2D eigenvalue weighted by atomic mass is 9.96. The molecule has 0 bridgehead atoms. The van der Waals surface area contributed by atoms with Crippen LogP contribution in [0.2, 0.25) is 0 Å². The Labute approximate surface area is 268 Å². The van der Waals surface area contributed by atoms with Gasteiger partial charge in [0.2, 0.25) is 0 Å². The van der Waals surface area contributed by atoms with E-state index in [-0.39, 0.29) is 30.4 Å². The van der Waals surface area contributed by atoms with Crippen LogP contribution >= 0.6 is 0 Å². The molecule has 1 aliphatic rings. The summed E-state index contributed by atoms with van der Waals surface area (Å²) in [5.74, 6) is 0.701. The Hall–Kier alpha value is -4.99. The average molecular weight is 621 g/mol. The number of carbonyl (C=O) groups excluding carboxylic acids is 1. The molecule has 1 N–H and O–H groups in total. The van der Waals surface area contributed by atoms with E-state index in [0.29, 0.717) is 23.6 Å². The molecular formula is C36H40N6O4. The number of tetrazole rings is 1. The number of nitrogens with zero attached hydrogens (tertiary/aromatic N) is 5. The third kappa shape index (κ3) is 6.38. The third-order valence-corrected chi connectivity index (χ3v) is 8.78. The van der Waals surface area contributed by atoms with Crippen LogP contribution in [-0.4, -0.2) is 48.7 Å². The van der Waals surface area contributed by atoms with Gasteiger partial charge in [-0.2, -0.15) is 0 Å². The van der Waals surface area contributed by atoms with Crippen LogP contribution in [0.5, 0.6) is 5.75 Å². The normalized spacial score (nSPS) is 16.5. The predicted molar refractivity (Wildman–Crippen MR) is 176 cm³/mol. The molecule has 2 aromatic heterocycles. The average Bonchev–Trinajstić information content (AvgIpc) is 3.73. The van der Waals surface area contributed by atoms with Crippen molar-refractivity contribution in [3.63, 3.8) is 0 Å². The molecule has 238 valence electrons. The van der Waals surface area contributed by atoms with Crippen LogP contribution in [0.25, 0.3) is 22.5 Å². The van der Waals surface area contributed by atoms with Gasteiger partial charge in [-0.05, 0) is 78.8 Å². The number of hydrogen-bond acceptors (Lipinski definition) is 7. The highest BCUT2D eigenvalue weighted by Gasteiger charge is 2.34. The van der Waals surface area contributed by atoms with Crippen molar-refractivity contribution in [3.05, 3.63) is 106 Å². The van der Waals surface area contributed by atoms with E-state index >= 15 is 0 Å². The van der Waals surface area contributed by atoms with Crippen LogP contribution < -0.4 is 10.3 Å². The summed E-state index contributed by atoms with van der Waals surface area (Å²) in [6.45, 7) is 6.38. The number of H-pyrrole nitrogens is 1. The first-order valence-electron chi connectivity index (χ1n) is 16.2. The lowest BCUT2D eigenvalue weighted by Gasteiger charge is -2.36. The van der Waals surface area contributed by atoms with E-state index in [1.165, 1.54) is 0 Å². The van der Waals surface area contributed by atoms with Crippen LogP contribution in [0.3, 0.4) is 0 Å². The van der Waals surface area contributed by atoms with Crippen molar-refractivity contribution >= 4 is 5.97 Å². The van der Waals surface area contributed by atoms with Gasteiger partial charge in [0, 0.05) is 29.8 Å². The number of ether oxygens (including phenoxy) is 2. The molecule has 3 atom stereocenters. The highest BCUT2D eigenvalue weighted by Crippen LogP contribution is 2.35. The number of fused-ring (bicyclic) bond motifs is 1. The first kappa shape index (κ1) is 31.0. The summed E-state index contributed by atoms with van der Waals surface area (Å²) in [6, 6.07) is 23.5. The van der Waals surface area contributed by atoms with Crippen LogP contribution in [0.15, 0.2) is 83.8 Å². The minimum Gasteiger partial charge on any atom is -0.487 e. The van der Waals surface area contributed by atoms with E-state index in [4.69, 9.17) is 9.47 Å². The van der Waals surface area contributed by atoms with Gasteiger partial charge in [0.25, 0.3) is 5.56 Å². The van der Waals surface area contributed by atoms with Crippen molar-refractivity contribution < 1.29 is 14.3 Å². The minimum atomic E-state index is -0.406. The number of rotatable bonds is 12. The summed E-state index contributed by atoms with van der Waals surface area (Å²) in [5.41, 5.74) is 5.19. The van der Waals surface area contributed by atoms with Crippen LogP contribution in [0, 0.1) is 0 Å². The van der Waals surface area contributed by atoms with E-state index in [2.05, 4.69) is 63.4 Å². The zero-order chi connectivity index (χ0) is 32.0. The Morgan fingerprint density at radius 2 is 1.76 bits per heavy atom. The fourth-order valence-corrected chi connectivity index (χ4v) is 6.40. The number of hydrogen-bond donors (Lipinski definition) is 1. The third-order valence-electron chi connectivity index (χ3n) is 8.78. The molecule has 46 heavy (non-hydrogen) atoms. The Morgan fingerprint density at radius 1 is 1.00 bits per heavy atom. The second kappa shape index (κ2) is 14.0. The number of nitrogens with one attached hydrogen (secondary N) is 1. The second-order valence-electron chi connectivity index (χ2n) is 11.9. The number of para-hydroxylation sites is 1. The fraction of sp³-hybridized carbons (Fsp3) is 0.361. The molecule has 0 amide bonds. The molecule has 0 fully saturated rings. The van der Waals surface area contributed by atoms with E-state index in [0.717, 1.165) is 59.9 Å². The van der Waals surface area contributed by atoms with E-state index in [1.807, 2.05) is 53.3 Å². The Balaban J connectivity index is 1.28. The first-order valence-corrected chi connectivity index (χ1v) is 16.2. The highest BCUT2D eigenvalue weighted by atomic mass is 16.5. The van der Waals surface area contributed by atoms with Gasteiger partial charge in [0.05, 0.1) is 12.6 Å². The standard InChI is InChI=1S/C36H40N6O4/c1-4-6-14-33(46-32-15-10-9-13-30(32)36(44)45-5-2)31-21-16-24(3)41-23-27(35(43)42(31)41)22-25-17-19-26(20-18-25)28-11-7-8-12-29(28)34-37-39-40-38-34/h7-13,15,17-20,23-24,31,33H,4-6,14,16,21-22H2,1-3H3,(H,37,38,39,40). The summed E-state index contributed by atoms with van der Waals surface area (Å²) < 4.78 is 15.9. The summed E-state index contributed by atoms with van der Waals surface area (Å²) >= 11 is 0. The molecule has 0 saturated heterocycles. The summed E-state index contributed by atoms with van der Waals surface area (Å²) in [7, 11) is 0. The largest absolute Gasteiger partial charge is 0.487 e. The van der Waals surface area contributed by atoms with Crippen LogP contribution in [-0.2, 0) is 11.2 Å². The maximum Gasteiger partial charge on any atom is 0.341 e. The topological polar surface area (TPSA) is 117 Å². The molecule has 0 spiro atoms. The van der Waals surface area contributed by atoms with E-state index < -0.39 is 5.97 Å². The predicted octanol–water partition coefficient (Wildman–Crippen LogP) is 6.80. The molecule has 6 rings (SSSR count).